The van der Waals surface area contributed by atoms with E-state index in [1.165, 1.54) is 12.1 Å². The molecular weight excluding hydrogens is 468 g/mol. The van der Waals surface area contributed by atoms with Crippen molar-refractivity contribution in [2.24, 2.45) is 10.7 Å². The van der Waals surface area contributed by atoms with Crippen molar-refractivity contribution in [3.8, 4) is 0 Å². The number of rotatable bonds is 7. The normalized spacial score (nSPS) is 12.2. The third-order valence-electron chi connectivity index (χ3n) is 3.44. The molecule has 1 aromatic carbocycles. The first kappa shape index (κ1) is 22.5. The lowest BCUT2D eigenvalue weighted by molar-refractivity contribution is -0.144. The van der Waals surface area contributed by atoms with Crippen LogP contribution in [0.1, 0.15) is 22.1 Å². The van der Waals surface area contributed by atoms with Gasteiger partial charge in [0, 0.05) is 12.3 Å². The summed E-state index contributed by atoms with van der Waals surface area (Å²) in [5.74, 6) is -3.35. The van der Waals surface area contributed by atoms with Crippen LogP contribution >= 0.6 is 23.4 Å². The maximum absolute atomic E-state index is 13.2. The minimum Gasteiger partial charge on any atom is -0.382 e. The lowest BCUT2D eigenvalue weighted by Crippen LogP contribution is -2.27. The van der Waals surface area contributed by atoms with Crippen molar-refractivity contribution in [3.05, 3.63) is 46.4 Å². The fourth-order valence-electron chi connectivity index (χ4n) is 2.06. The molecule has 10 nitrogen and oxygen atoms in total. The zero-order valence-electron chi connectivity index (χ0n) is 15.1. The standard InChI is InChI=1S/C15H11ClF4N8O2S/c16-7-5-6(1-2-8(7)17)23-10(21)9-13(28-30-27-9)31-4-3-22-12(29)11-24-14(26-25-11)15(18,19)20/h1-2,5H,3-4H2,(H2,21,23)(H,22,29)(H,24,25,26). The largest absolute Gasteiger partial charge is 0.451 e. The maximum Gasteiger partial charge on any atom is 0.451 e. The number of thioether (sulfide) groups is 1. The minimum absolute atomic E-state index is 0.0380. The molecule has 0 spiro atoms. The van der Waals surface area contributed by atoms with E-state index in [1.807, 2.05) is 0 Å². The quantitative estimate of drug-likeness (QED) is 0.154. The Kier molecular flexibility index (Phi) is 6.74. The molecule has 164 valence electrons. The SMILES string of the molecule is NC(=Nc1ccc(F)c(Cl)c1)c1nonc1SCCNC(=O)c1n[nH]c(C(F)(F)F)n1. The Morgan fingerprint density at radius 1 is 1.35 bits per heavy atom. The number of aromatic nitrogens is 5. The van der Waals surface area contributed by atoms with Crippen LogP contribution in [0.4, 0.5) is 23.2 Å². The van der Waals surface area contributed by atoms with Gasteiger partial charge in [-0.1, -0.05) is 23.4 Å². The summed E-state index contributed by atoms with van der Waals surface area (Å²) >= 11 is 6.78. The van der Waals surface area contributed by atoms with E-state index in [-0.39, 0.29) is 39.6 Å². The third kappa shape index (κ3) is 5.69. The predicted octanol–water partition coefficient (Wildman–Crippen LogP) is 2.56. The highest BCUT2D eigenvalue weighted by atomic mass is 35.5. The number of nitrogens with one attached hydrogen (secondary N) is 2. The number of amidine groups is 1. The molecule has 0 aliphatic heterocycles. The van der Waals surface area contributed by atoms with Gasteiger partial charge in [0.15, 0.2) is 16.6 Å². The van der Waals surface area contributed by atoms with Crippen molar-refractivity contribution in [2.75, 3.05) is 12.3 Å². The average Bonchev–Trinajstić information content (AvgIpc) is 3.37. The zero-order chi connectivity index (χ0) is 22.6. The molecule has 0 atom stereocenters. The molecule has 0 bridgehead atoms. The molecule has 0 unspecified atom stereocenters. The summed E-state index contributed by atoms with van der Waals surface area (Å²) in [7, 11) is 0. The smallest absolute Gasteiger partial charge is 0.382 e. The number of alkyl halides is 3. The van der Waals surface area contributed by atoms with Gasteiger partial charge in [-0.15, -0.1) is 5.10 Å². The third-order valence-corrected chi connectivity index (χ3v) is 4.68. The van der Waals surface area contributed by atoms with Gasteiger partial charge in [-0.05, 0) is 28.5 Å². The fourth-order valence-corrected chi connectivity index (χ4v) is 3.00. The molecule has 31 heavy (non-hydrogen) atoms. The molecule has 0 aliphatic carbocycles. The van der Waals surface area contributed by atoms with Crippen LogP contribution in [0.25, 0.3) is 0 Å². The minimum atomic E-state index is -4.74. The van der Waals surface area contributed by atoms with Gasteiger partial charge in [-0.3, -0.25) is 9.89 Å². The van der Waals surface area contributed by atoms with Crippen LogP contribution in [0.5, 0.6) is 0 Å². The number of hydrogen-bond donors (Lipinski definition) is 3. The summed E-state index contributed by atoms with van der Waals surface area (Å²) in [5, 5.41) is 14.7. The van der Waals surface area contributed by atoms with Crippen LogP contribution in [0, 0.1) is 5.82 Å². The molecule has 2 aromatic heterocycles. The Balaban J connectivity index is 1.56. The molecule has 0 saturated carbocycles. The number of benzene rings is 1. The number of carbonyl (C=O) groups excluding carboxylic acids is 1. The van der Waals surface area contributed by atoms with Gasteiger partial charge in [0.1, 0.15) is 5.82 Å². The first-order valence-electron chi connectivity index (χ1n) is 8.18. The number of halogens is 5. The monoisotopic (exact) mass is 478 g/mol. The molecule has 0 radical (unpaired) electrons. The van der Waals surface area contributed by atoms with E-state index in [0.29, 0.717) is 0 Å². The number of nitrogens with two attached hydrogens (primary N) is 1. The molecule has 0 saturated heterocycles. The predicted molar refractivity (Wildman–Crippen MR) is 101 cm³/mol. The van der Waals surface area contributed by atoms with Gasteiger partial charge in [0.2, 0.25) is 11.6 Å². The van der Waals surface area contributed by atoms with Gasteiger partial charge < -0.3 is 11.1 Å². The number of aliphatic imine (C=N–C) groups is 1. The van der Waals surface area contributed by atoms with Crippen LogP contribution in [-0.2, 0) is 6.18 Å². The molecule has 16 heteroatoms. The van der Waals surface area contributed by atoms with Gasteiger partial charge in [-0.25, -0.2) is 14.0 Å². The average molecular weight is 479 g/mol. The fraction of sp³-hybridized carbons (Fsp3) is 0.200. The van der Waals surface area contributed by atoms with Gasteiger partial charge in [0.25, 0.3) is 5.91 Å². The number of nitrogens with zero attached hydrogens (tertiary/aromatic N) is 5. The van der Waals surface area contributed by atoms with Crippen LogP contribution < -0.4 is 11.1 Å². The van der Waals surface area contributed by atoms with Crippen LogP contribution in [-0.4, -0.2) is 49.5 Å². The van der Waals surface area contributed by atoms with Crippen molar-refractivity contribution in [1.82, 2.24) is 30.8 Å². The zero-order valence-corrected chi connectivity index (χ0v) is 16.6. The number of amides is 1. The van der Waals surface area contributed by atoms with E-state index in [2.05, 4.69) is 35.3 Å². The molecule has 0 aliphatic rings. The highest BCUT2D eigenvalue weighted by molar-refractivity contribution is 7.99. The highest BCUT2D eigenvalue weighted by Gasteiger charge is 2.36. The second-order valence-corrected chi connectivity index (χ2v) is 7.11. The number of hydrogen-bond acceptors (Lipinski definition) is 8. The van der Waals surface area contributed by atoms with Crippen molar-refractivity contribution < 1.29 is 27.0 Å². The Morgan fingerprint density at radius 3 is 2.81 bits per heavy atom. The van der Waals surface area contributed by atoms with E-state index in [4.69, 9.17) is 17.3 Å². The molecular formula is C15H11ClF4N8O2S. The lowest BCUT2D eigenvalue weighted by atomic mass is 10.3. The van der Waals surface area contributed by atoms with Gasteiger partial charge in [0.05, 0.1) is 10.7 Å². The van der Waals surface area contributed by atoms with E-state index < -0.39 is 29.5 Å². The number of H-pyrrole nitrogens is 1. The Hall–Kier alpha value is -3.20. The van der Waals surface area contributed by atoms with Crippen molar-refractivity contribution in [1.29, 1.82) is 0 Å². The van der Waals surface area contributed by atoms with Crippen molar-refractivity contribution in [3.63, 3.8) is 0 Å². The second-order valence-electron chi connectivity index (χ2n) is 5.62. The topological polar surface area (TPSA) is 148 Å². The molecule has 3 rings (SSSR count). The Bertz CT molecular complexity index is 1120. The Morgan fingerprint density at radius 2 is 2.13 bits per heavy atom. The summed E-state index contributed by atoms with van der Waals surface area (Å²) in [5.41, 5.74) is 6.27. The second kappa shape index (κ2) is 9.30. The summed E-state index contributed by atoms with van der Waals surface area (Å²) in [6, 6.07) is 3.75. The Labute approximate surface area is 179 Å². The van der Waals surface area contributed by atoms with Crippen LogP contribution in [0.3, 0.4) is 0 Å². The highest BCUT2D eigenvalue weighted by Crippen LogP contribution is 2.26. The van der Waals surface area contributed by atoms with Gasteiger partial charge in [-0.2, -0.15) is 18.2 Å². The summed E-state index contributed by atoms with van der Waals surface area (Å²) in [6.07, 6.45) is -4.74. The molecule has 3 aromatic rings. The van der Waals surface area contributed by atoms with E-state index >= 15 is 0 Å². The van der Waals surface area contributed by atoms with Crippen molar-refractivity contribution >= 4 is 40.8 Å². The van der Waals surface area contributed by atoms with E-state index in [0.717, 1.165) is 17.8 Å². The lowest BCUT2D eigenvalue weighted by Gasteiger charge is -2.02. The summed E-state index contributed by atoms with van der Waals surface area (Å²) < 4.78 is 55.3. The van der Waals surface area contributed by atoms with Crippen molar-refractivity contribution in [2.45, 2.75) is 11.2 Å². The molecule has 4 N–H and O–H groups in total. The maximum atomic E-state index is 13.2. The summed E-state index contributed by atoms with van der Waals surface area (Å²) in [4.78, 5) is 19.0. The first-order valence-corrected chi connectivity index (χ1v) is 9.54. The molecule has 1 amide bonds. The van der Waals surface area contributed by atoms with E-state index in [1.54, 1.807) is 5.10 Å². The summed E-state index contributed by atoms with van der Waals surface area (Å²) in [6.45, 7) is 0.0380. The van der Waals surface area contributed by atoms with Crippen LogP contribution in [0.15, 0.2) is 32.8 Å². The van der Waals surface area contributed by atoms with Gasteiger partial charge >= 0.3 is 6.18 Å². The molecule has 0 fully saturated rings. The van der Waals surface area contributed by atoms with Crippen LogP contribution in [0.2, 0.25) is 5.02 Å². The molecule has 2 heterocycles. The number of carbonyl (C=O) groups is 1. The van der Waals surface area contributed by atoms with E-state index in [9.17, 15) is 22.4 Å². The first-order chi connectivity index (χ1) is 14.6. The number of aromatic amines is 1.